The third kappa shape index (κ3) is 5.22. The molecule has 1 aromatic heterocycles. The fraction of sp³-hybridized carbons (Fsp3) is 0.524. The molecule has 3 nitrogen and oxygen atoms in total. The van der Waals surface area contributed by atoms with Gasteiger partial charge in [-0.15, -0.1) is 0 Å². The quantitative estimate of drug-likeness (QED) is 0.737. The summed E-state index contributed by atoms with van der Waals surface area (Å²) >= 11 is 0. The van der Waals surface area contributed by atoms with Gasteiger partial charge in [0.05, 0.1) is 14.1 Å². The summed E-state index contributed by atoms with van der Waals surface area (Å²) in [6, 6.07) is 11.4. The van der Waals surface area contributed by atoms with Gasteiger partial charge in [0.25, 0.3) is 0 Å². The summed E-state index contributed by atoms with van der Waals surface area (Å²) in [7, 11) is 4.38. The van der Waals surface area contributed by atoms with Crippen LogP contribution in [0.4, 0.5) is 0 Å². The van der Waals surface area contributed by atoms with Crippen molar-refractivity contribution in [3.63, 3.8) is 0 Å². The molecule has 0 saturated heterocycles. The van der Waals surface area contributed by atoms with Crippen LogP contribution in [0.25, 0.3) is 0 Å². The number of quaternary nitrogens is 2. The minimum Gasteiger partial charge on any atom is -0.348 e. The Morgan fingerprint density at radius 3 is 2.21 bits per heavy atom. The van der Waals surface area contributed by atoms with E-state index in [4.69, 9.17) is 0 Å². The van der Waals surface area contributed by atoms with Crippen LogP contribution in [0.15, 0.2) is 30.3 Å². The highest BCUT2D eigenvalue weighted by Gasteiger charge is 2.11. The Balaban J connectivity index is 1.90. The highest BCUT2D eigenvalue weighted by Crippen LogP contribution is 2.16. The van der Waals surface area contributed by atoms with Crippen LogP contribution in [-0.2, 0) is 26.2 Å². The Kier molecular flexibility index (Phi) is 6.64. The lowest BCUT2D eigenvalue weighted by atomic mass is 10.1. The Hall–Kier alpha value is -1.58. The molecule has 0 spiro atoms. The first kappa shape index (κ1) is 18.8. The average molecular weight is 330 g/mol. The lowest BCUT2D eigenvalue weighted by molar-refractivity contribution is -0.872. The molecule has 0 radical (unpaired) electrons. The van der Waals surface area contributed by atoms with E-state index in [9.17, 15) is 0 Å². The molecule has 0 fully saturated rings. The van der Waals surface area contributed by atoms with Gasteiger partial charge in [-0.1, -0.05) is 38.1 Å². The predicted octanol–water partition coefficient (Wildman–Crippen LogP) is 1.67. The van der Waals surface area contributed by atoms with Crippen molar-refractivity contribution in [2.75, 3.05) is 14.1 Å². The molecule has 1 aromatic carbocycles. The zero-order valence-corrected chi connectivity index (χ0v) is 16.3. The standard InChI is InChI=1S/C21H33N3/c1-16(2)14-24-17(3)11-21(18(24)4)13-22-12-19-7-9-20(10-8-19)15-23(5)6/h7-11,16,22H,12-15H2,1-6H3/p+2. The Labute approximate surface area is 147 Å². The molecule has 0 aliphatic rings. The predicted molar refractivity (Wildman–Crippen MR) is 101 cm³/mol. The van der Waals surface area contributed by atoms with E-state index < -0.39 is 0 Å². The summed E-state index contributed by atoms with van der Waals surface area (Å²) in [4.78, 5) is 1.46. The van der Waals surface area contributed by atoms with Crippen LogP contribution in [0.1, 0.15) is 41.9 Å². The molecule has 2 rings (SSSR count). The molecule has 0 unspecified atom stereocenters. The van der Waals surface area contributed by atoms with Crippen molar-refractivity contribution in [1.82, 2.24) is 4.57 Å². The molecule has 2 aromatic rings. The second-order valence-electron chi connectivity index (χ2n) is 7.80. The van der Waals surface area contributed by atoms with Crippen molar-refractivity contribution in [3.05, 3.63) is 58.4 Å². The van der Waals surface area contributed by atoms with Crippen molar-refractivity contribution < 1.29 is 10.2 Å². The molecular weight excluding hydrogens is 294 g/mol. The lowest BCUT2D eigenvalue weighted by Crippen LogP contribution is -3.04. The molecule has 1 heterocycles. The third-order valence-electron chi connectivity index (χ3n) is 4.55. The van der Waals surface area contributed by atoms with E-state index in [0.717, 1.165) is 26.2 Å². The summed E-state index contributed by atoms with van der Waals surface area (Å²) in [6.07, 6.45) is 0. The maximum Gasteiger partial charge on any atom is 0.103 e. The molecule has 3 heteroatoms. The van der Waals surface area contributed by atoms with E-state index in [1.165, 1.54) is 33.0 Å². The number of rotatable bonds is 8. The van der Waals surface area contributed by atoms with Gasteiger partial charge < -0.3 is 14.8 Å². The van der Waals surface area contributed by atoms with Crippen molar-refractivity contribution in [3.8, 4) is 0 Å². The van der Waals surface area contributed by atoms with Gasteiger partial charge in [-0.05, 0) is 25.8 Å². The zero-order chi connectivity index (χ0) is 17.7. The third-order valence-corrected chi connectivity index (χ3v) is 4.55. The SMILES string of the molecule is Cc1cc(C[NH2+]Cc2ccc(C[NH+](C)C)cc2)c(C)n1CC(C)C. The maximum atomic E-state index is 2.46. The zero-order valence-electron chi connectivity index (χ0n) is 16.3. The first-order chi connectivity index (χ1) is 11.4. The number of nitrogens with one attached hydrogen (secondary N) is 1. The van der Waals surface area contributed by atoms with Gasteiger partial charge in [0.15, 0.2) is 0 Å². The number of nitrogens with zero attached hydrogens (tertiary/aromatic N) is 1. The van der Waals surface area contributed by atoms with E-state index in [-0.39, 0.29) is 0 Å². The number of hydrogen-bond donors (Lipinski definition) is 2. The van der Waals surface area contributed by atoms with Crippen LogP contribution < -0.4 is 10.2 Å². The lowest BCUT2D eigenvalue weighted by Gasteiger charge is -2.12. The van der Waals surface area contributed by atoms with E-state index in [1.807, 2.05) is 0 Å². The van der Waals surface area contributed by atoms with E-state index in [2.05, 4.69) is 82.0 Å². The number of nitrogens with two attached hydrogens (primary N) is 1. The second kappa shape index (κ2) is 8.50. The van der Waals surface area contributed by atoms with Gasteiger partial charge in [0.1, 0.15) is 19.6 Å². The molecule has 0 atom stereocenters. The van der Waals surface area contributed by atoms with Crippen LogP contribution >= 0.6 is 0 Å². The van der Waals surface area contributed by atoms with E-state index in [0.29, 0.717) is 5.92 Å². The number of benzene rings is 1. The van der Waals surface area contributed by atoms with Gasteiger partial charge in [0.2, 0.25) is 0 Å². The molecular formula is C21H35N3+2. The van der Waals surface area contributed by atoms with Crippen molar-refractivity contribution in [2.24, 2.45) is 5.92 Å². The topological polar surface area (TPSA) is 26.0 Å². The van der Waals surface area contributed by atoms with Crippen molar-refractivity contribution in [1.29, 1.82) is 0 Å². The van der Waals surface area contributed by atoms with Crippen LogP contribution in [0.5, 0.6) is 0 Å². The van der Waals surface area contributed by atoms with Crippen LogP contribution in [0, 0.1) is 19.8 Å². The molecule has 3 N–H and O–H groups in total. The minimum absolute atomic E-state index is 0.689. The summed E-state index contributed by atoms with van der Waals surface area (Å²) in [5, 5.41) is 2.41. The molecule has 0 bridgehead atoms. The fourth-order valence-corrected chi connectivity index (χ4v) is 3.32. The Morgan fingerprint density at radius 1 is 1.00 bits per heavy atom. The average Bonchev–Trinajstić information content (AvgIpc) is 2.76. The van der Waals surface area contributed by atoms with Crippen molar-refractivity contribution in [2.45, 2.75) is 53.9 Å². The highest BCUT2D eigenvalue weighted by molar-refractivity contribution is 5.26. The first-order valence-electron chi connectivity index (χ1n) is 9.21. The minimum atomic E-state index is 0.689. The summed E-state index contributed by atoms with van der Waals surface area (Å²) in [6.45, 7) is 13.4. The molecule has 24 heavy (non-hydrogen) atoms. The van der Waals surface area contributed by atoms with Gasteiger partial charge in [-0.2, -0.15) is 0 Å². The molecule has 0 aliphatic carbocycles. The Bertz CT molecular complexity index is 636. The van der Waals surface area contributed by atoms with E-state index in [1.54, 1.807) is 0 Å². The molecule has 0 aliphatic heterocycles. The van der Waals surface area contributed by atoms with E-state index >= 15 is 0 Å². The summed E-state index contributed by atoms with van der Waals surface area (Å²) < 4.78 is 2.46. The normalized spacial score (nSPS) is 11.7. The van der Waals surface area contributed by atoms with Gasteiger partial charge in [-0.25, -0.2) is 0 Å². The highest BCUT2D eigenvalue weighted by atomic mass is 15.0. The van der Waals surface area contributed by atoms with Crippen LogP contribution in [-0.4, -0.2) is 18.7 Å². The summed E-state index contributed by atoms with van der Waals surface area (Å²) in [5.41, 5.74) is 7.11. The smallest absolute Gasteiger partial charge is 0.103 e. The number of aryl methyl sites for hydroxylation is 1. The van der Waals surface area contributed by atoms with Gasteiger partial charge >= 0.3 is 0 Å². The Morgan fingerprint density at radius 2 is 1.62 bits per heavy atom. The van der Waals surface area contributed by atoms with Crippen LogP contribution in [0.2, 0.25) is 0 Å². The molecule has 0 amide bonds. The van der Waals surface area contributed by atoms with Crippen molar-refractivity contribution >= 4 is 0 Å². The first-order valence-corrected chi connectivity index (χ1v) is 9.21. The molecule has 132 valence electrons. The van der Waals surface area contributed by atoms with Gasteiger partial charge in [0, 0.05) is 34.6 Å². The maximum absolute atomic E-state index is 2.46. The van der Waals surface area contributed by atoms with Crippen LogP contribution in [0.3, 0.4) is 0 Å². The monoisotopic (exact) mass is 329 g/mol. The number of hydrogen-bond acceptors (Lipinski definition) is 0. The fourth-order valence-electron chi connectivity index (χ4n) is 3.32. The van der Waals surface area contributed by atoms with Gasteiger partial charge in [-0.3, -0.25) is 0 Å². The number of aromatic nitrogens is 1. The summed E-state index contributed by atoms with van der Waals surface area (Å²) in [5.74, 6) is 0.689. The largest absolute Gasteiger partial charge is 0.348 e. The second-order valence-corrected chi connectivity index (χ2v) is 7.80. The molecule has 0 saturated carbocycles.